The van der Waals surface area contributed by atoms with Gasteiger partial charge in [-0.15, -0.1) is 0 Å². The number of aromatic nitrogens is 1. The third-order valence-corrected chi connectivity index (χ3v) is 3.38. The molecule has 0 aliphatic carbocycles. The van der Waals surface area contributed by atoms with E-state index < -0.39 is 0 Å². The fourth-order valence-corrected chi connectivity index (χ4v) is 1.99. The molecular weight excluding hydrogens is 230 g/mol. The fraction of sp³-hybridized carbons (Fsp3) is 0.308. The summed E-state index contributed by atoms with van der Waals surface area (Å²) in [6.07, 6.45) is 0. The van der Waals surface area contributed by atoms with Crippen molar-refractivity contribution in [1.29, 1.82) is 0 Å². The van der Waals surface area contributed by atoms with E-state index >= 15 is 0 Å². The second-order valence-corrected chi connectivity index (χ2v) is 4.58. The summed E-state index contributed by atoms with van der Waals surface area (Å²) in [6, 6.07) is 8.69. The predicted octanol–water partition coefficient (Wildman–Crippen LogP) is 2.08. The van der Waals surface area contributed by atoms with Crippen LogP contribution in [0.2, 0.25) is 0 Å². The summed E-state index contributed by atoms with van der Waals surface area (Å²) in [5, 5.41) is 8.00. The quantitative estimate of drug-likeness (QED) is 0.796. The van der Waals surface area contributed by atoms with Crippen molar-refractivity contribution >= 4 is 28.2 Å². The molecule has 90 valence electrons. The largest absolute Gasteiger partial charge is 0.366 e. The van der Waals surface area contributed by atoms with Gasteiger partial charge in [-0.3, -0.25) is 0 Å². The number of aryl methyl sites for hydroxylation is 2. The van der Waals surface area contributed by atoms with E-state index in [1.807, 2.05) is 7.05 Å². The minimum Gasteiger partial charge on any atom is -0.366 e. The van der Waals surface area contributed by atoms with E-state index in [0.717, 1.165) is 6.54 Å². The van der Waals surface area contributed by atoms with Gasteiger partial charge in [-0.05, 0) is 42.9 Å². The standard InChI is InChI=1S/C13H17N3S/c1-9-6-11-7-10(8-15-13(17)14-2)4-5-12(11)16(9)3/h4-7H,8H2,1-3H3,(H2,14,15,17). The van der Waals surface area contributed by atoms with Crippen LogP contribution in [0.3, 0.4) is 0 Å². The highest BCUT2D eigenvalue weighted by Crippen LogP contribution is 2.19. The molecule has 2 aromatic rings. The first-order chi connectivity index (χ1) is 8.11. The molecule has 0 fully saturated rings. The molecule has 1 aromatic carbocycles. The summed E-state index contributed by atoms with van der Waals surface area (Å²) in [5.74, 6) is 0. The van der Waals surface area contributed by atoms with Crippen molar-refractivity contribution in [3.8, 4) is 0 Å². The van der Waals surface area contributed by atoms with E-state index in [4.69, 9.17) is 12.2 Å². The minimum atomic E-state index is 0.675. The van der Waals surface area contributed by atoms with Gasteiger partial charge in [0, 0.05) is 37.2 Å². The SMILES string of the molecule is CNC(=S)NCc1ccc2c(c1)cc(C)n2C. The van der Waals surface area contributed by atoms with Gasteiger partial charge in [0.15, 0.2) is 5.11 Å². The zero-order valence-corrected chi connectivity index (χ0v) is 11.2. The number of hydrogen-bond donors (Lipinski definition) is 2. The van der Waals surface area contributed by atoms with Crippen molar-refractivity contribution in [3.05, 3.63) is 35.5 Å². The summed E-state index contributed by atoms with van der Waals surface area (Å²) in [5.41, 5.74) is 3.78. The molecule has 4 heteroatoms. The summed E-state index contributed by atoms with van der Waals surface area (Å²) in [7, 11) is 3.91. The smallest absolute Gasteiger partial charge is 0.166 e. The Morgan fingerprint density at radius 2 is 2.12 bits per heavy atom. The van der Waals surface area contributed by atoms with Crippen LogP contribution in [0, 0.1) is 6.92 Å². The van der Waals surface area contributed by atoms with Crippen LogP contribution in [0.25, 0.3) is 10.9 Å². The number of hydrogen-bond acceptors (Lipinski definition) is 1. The second kappa shape index (κ2) is 4.75. The lowest BCUT2D eigenvalue weighted by molar-refractivity contribution is 0.890. The van der Waals surface area contributed by atoms with E-state index in [0.29, 0.717) is 5.11 Å². The molecule has 0 aliphatic rings. The van der Waals surface area contributed by atoms with Crippen molar-refractivity contribution in [2.45, 2.75) is 13.5 Å². The molecule has 2 rings (SSSR count). The predicted molar refractivity (Wildman–Crippen MR) is 76.2 cm³/mol. The maximum Gasteiger partial charge on any atom is 0.166 e. The second-order valence-electron chi connectivity index (χ2n) is 4.17. The highest BCUT2D eigenvalue weighted by atomic mass is 32.1. The maximum absolute atomic E-state index is 5.05. The molecule has 0 amide bonds. The highest BCUT2D eigenvalue weighted by molar-refractivity contribution is 7.80. The molecule has 1 aromatic heterocycles. The van der Waals surface area contributed by atoms with Gasteiger partial charge < -0.3 is 15.2 Å². The van der Waals surface area contributed by atoms with Crippen molar-refractivity contribution in [1.82, 2.24) is 15.2 Å². The Labute approximate surface area is 107 Å². The number of nitrogens with one attached hydrogen (secondary N) is 2. The zero-order chi connectivity index (χ0) is 12.4. The summed E-state index contributed by atoms with van der Waals surface area (Å²) >= 11 is 5.05. The van der Waals surface area contributed by atoms with E-state index in [1.54, 1.807) is 0 Å². The lowest BCUT2D eigenvalue weighted by atomic mass is 10.1. The molecule has 0 spiro atoms. The van der Waals surface area contributed by atoms with E-state index in [2.05, 4.69) is 53.4 Å². The fourth-order valence-electron chi connectivity index (χ4n) is 1.92. The maximum atomic E-state index is 5.05. The number of rotatable bonds is 2. The lowest BCUT2D eigenvalue weighted by Gasteiger charge is -2.07. The molecule has 0 atom stereocenters. The average molecular weight is 247 g/mol. The van der Waals surface area contributed by atoms with Gasteiger partial charge in [-0.1, -0.05) is 6.07 Å². The molecule has 0 aliphatic heterocycles. The number of thiocarbonyl (C=S) groups is 1. The molecular formula is C13H17N3S. The first-order valence-corrected chi connectivity index (χ1v) is 6.03. The van der Waals surface area contributed by atoms with E-state index in [1.165, 1.54) is 22.2 Å². The van der Waals surface area contributed by atoms with Crippen molar-refractivity contribution in [2.24, 2.45) is 7.05 Å². The van der Waals surface area contributed by atoms with Crippen LogP contribution in [0.5, 0.6) is 0 Å². The van der Waals surface area contributed by atoms with Gasteiger partial charge in [-0.2, -0.15) is 0 Å². The van der Waals surface area contributed by atoms with E-state index in [-0.39, 0.29) is 0 Å². The molecule has 2 N–H and O–H groups in total. The molecule has 0 radical (unpaired) electrons. The first-order valence-electron chi connectivity index (χ1n) is 5.62. The molecule has 17 heavy (non-hydrogen) atoms. The van der Waals surface area contributed by atoms with Crippen LogP contribution in [-0.4, -0.2) is 16.7 Å². The van der Waals surface area contributed by atoms with Gasteiger partial charge in [0.1, 0.15) is 0 Å². The molecule has 0 saturated heterocycles. The van der Waals surface area contributed by atoms with Crippen LogP contribution in [-0.2, 0) is 13.6 Å². The first kappa shape index (κ1) is 11.9. The topological polar surface area (TPSA) is 29.0 Å². The Hall–Kier alpha value is -1.55. The molecule has 0 bridgehead atoms. The van der Waals surface area contributed by atoms with Crippen LogP contribution in [0.15, 0.2) is 24.3 Å². The summed E-state index contributed by atoms with van der Waals surface area (Å²) in [4.78, 5) is 0. The van der Waals surface area contributed by atoms with Gasteiger partial charge in [0.05, 0.1) is 0 Å². The van der Waals surface area contributed by atoms with Crippen LogP contribution in [0.1, 0.15) is 11.3 Å². The third-order valence-electron chi connectivity index (χ3n) is 3.03. The van der Waals surface area contributed by atoms with Crippen LogP contribution < -0.4 is 10.6 Å². The lowest BCUT2D eigenvalue weighted by Crippen LogP contribution is -2.31. The van der Waals surface area contributed by atoms with E-state index in [9.17, 15) is 0 Å². The van der Waals surface area contributed by atoms with Gasteiger partial charge in [0.25, 0.3) is 0 Å². The average Bonchev–Trinajstić information content (AvgIpc) is 2.62. The zero-order valence-electron chi connectivity index (χ0n) is 10.4. The van der Waals surface area contributed by atoms with Gasteiger partial charge in [-0.25, -0.2) is 0 Å². The van der Waals surface area contributed by atoms with Crippen molar-refractivity contribution < 1.29 is 0 Å². The third kappa shape index (κ3) is 2.42. The normalized spacial score (nSPS) is 10.5. The molecule has 1 heterocycles. The van der Waals surface area contributed by atoms with Crippen LogP contribution in [0.4, 0.5) is 0 Å². The number of benzene rings is 1. The highest BCUT2D eigenvalue weighted by Gasteiger charge is 2.03. The minimum absolute atomic E-state index is 0.675. The molecule has 0 unspecified atom stereocenters. The van der Waals surface area contributed by atoms with Gasteiger partial charge in [0.2, 0.25) is 0 Å². The Morgan fingerprint density at radius 3 is 2.82 bits per heavy atom. The number of fused-ring (bicyclic) bond motifs is 1. The molecule has 0 saturated carbocycles. The Balaban J connectivity index is 2.23. The van der Waals surface area contributed by atoms with Crippen LogP contribution >= 0.6 is 12.2 Å². The van der Waals surface area contributed by atoms with Gasteiger partial charge >= 0.3 is 0 Å². The Bertz CT molecular complexity index is 557. The summed E-state index contributed by atoms with van der Waals surface area (Å²) < 4.78 is 2.20. The number of nitrogens with zero attached hydrogens (tertiary/aromatic N) is 1. The van der Waals surface area contributed by atoms with Crippen molar-refractivity contribution in [3.63, 3.8) is 0 Å². The van der Waals surface area contributed by atoms with Crippen molar-refractivity contribution in [2.75, 3.05) is 7.05 Å². The Morgan fingerprint density at radius 1 is 1.35 bits per heavy atom. The molecule has 3 nitrogen and oxygen atoms in total. The Kier molecular flexibility index (Phi) is 3.33. The monoisotopic (exact) mass is 247 g/mol. The summed E-state index contributed by atoms with van der Waals surface area (Å²) in [6.45, 7) is 2.87.